The number of likely N-dealkylation sites (N-methyl/N-ethyl adjacent to an activating group) is 1. The maximum atomic E-state index is 4.72. The molecule has 1 aromatic heterocycles. The monoisotopic (exact) mass is 268 g/mol. The average Bonchev–Trinajstić information content (AvgIpc) is 2.85. The van der Waals surface area contributed by atoms with Gasteiger partial charge < -0.3 is 15.1 Å². The standard InChI is InChI=1S/C13H24N4S/c1-4-16-5-7-17(8-6-16)13-15-12(10-18-13)9-14-11(2)3/h10-11,14H,4-9H2,1-3H3. The number of piperazine rings is 1. The Hall–Kier alpha value is -0.650. The van der Waals surface area contributed by atoms with Crippen LogP contribution in [-0.4, -0.2) is 48.6 Å². The molecule has 2 heterocycles. The summed E-state index contributed by atoms with van der Waals surface area (Å²) in [5.74, 6) is 0. The largest absolute Gasteiger partial charge is 0.346 e. The molecule has 2 rings (SSSR count). The molecule has 0 spiro atoms. The van der Waals surface area contributed by atoms with Crippen LogP contribution < -0.4 is 10.2 Å². The fourth-order valence-corrected chi connectivity index (χ4v) is 2.97. The Morgan fingerprint density at radius 3 is 2.67 bits per heavy atom. The normalized spacial score (nSPS) is 17.7. The van der Waals surface area contributed by atoms with Crippen LogP contribution in [0, 0.1) is 0 Å². The highest BCUT2D eigenvalue weighted by molar-refractivity contribution is 7.13. The lowest BCUT2D eigenvalue weighted by molar-refractivity contribution is 0.271. The van der Waals surface area contributed by atoms with Gasteiger partial charge in [-0.2, -0.15) is 0 Å². The summed E-state index contributed by atoms with van der Waals surface area (Å²) in [7, 11) is 0. The highest BCUT2D eigenvalue weighted by Gasteiger charge is 2.18. The van der Waals surface area contributed by atoms with Gasteiger partial charge >= 0.3 is 0 Å². The lowest BCUT2D eigenvalue weighted by Crippen LogP contribution is -2.46. The van der Waals surface area contributed by atoms with E-state index in [-0.39, 0.29) is 0 Å². The molecule has 0 saturated carbocycles. The predicted molar refractivity (Wildman–Crippen MR) is 78.4 cm³/mol. The molecule has 0 unspecified atom stereocenters. The van der Waals surface area contributed by atoms with Crippen LogP contribution >= 0.6 is 11.3 Å². The van der Waals surface area contributed by atoms with Crippen LogP contribution in [0.3, 0.4) is 0 Å². The van der Waals surface area contributed by atoms with E-state index in [1.807, 2.05) is 0 Å². The molecule has 1 N–H and O–H groups in total. The summed E-state index contributed by atoms with van der Waals surface area (Å²) in [5.41, 5.74) is 1.17. The minimum atomic E-state index is 0.517. The van der Waals surface area contributed by atoms with E-state index >= 15 is 0 Å². The second-order valence-corrected chi connectivity index (χ2v) is 5.91. The quantitative estimate of drug-likeness (QED) is 0.882. The molecule has 1 aliphatic heterocycles. The van der Waals surface area contributed by atoms with Crippen molar-refractivity contribution < 1.29 is 0 Å². The van der Waals surface area contributed by atoms with Crippen molar-refractivity contribution in [2.24, 2.45) is 0 Å². The Bertz CT molecular complexity index is 356. The summed E-state index contributed by atoms with van der Waals surface area (Å²) < 4.78 is 0. The molecule has 1 aromatic rings. The molecule has 0 aliphatic carbocycles. The minimum Gasteiger partial charge on any atom is -0.346 e. The maximum absolute atomic E-state index is 4.72. The molecule has 1 saturated heterocycles. The molecule has 4 nitrogen and oxygen atoms in total. The van der Waals surface area contributed by atoms with Crippen molar-refractivity contribution >= 4 is 16.5 Å². The van der Waals surface area contributed by atoms with E-state index in [1.165, 1.54) is 10.8 Å². The van der Waals surface area contributed by atoms with Gasteiger partial charge in [-0.05, 0) is 6.54 Å². The highest BCUT2D eigenvalue weighted by atomic mass is 32.1. The zero-order valence-corrected chi connectivity index (χ0v) is 12.5. The third-order valence-electron chi connectivity index (χ3n) is 3.32. The lowest BCUT2D eigenvalue weighted by atomic mass is 10.3. The molecule has 102 valence electrons. The van der Waals surface area contributed by atoms with Gasteiger partial charge in [0.1, 0.15) is 0 Å². The van der Waals surface area contributed by atoms with E-state index in [2.05, 4.69) is 41.3 Å². The van der Waals surface area contributed by atoms with Crippen molar-refractivity contribution in [2.45, 2.75) is 33.4 Å². The van der Waals surface area contributed by atoms with Gasteiger partial charge in [-0.15, -0.1) is 11.3 Å². The van der Waals surface area contributed by atoms with Gasteiger partial charge in [-0.3, -0.25) is 0 Å². The van der Waals surface area contributed by atoms with E-state index in [9.17, 15) is 0 Å². The Morgan fingerprint density at radius 2 is 2.06 bits per heavy atom. The summed E-state index contributed by atoms with van der Waals surface area (Å²) in [6.07, 6.45) is 0. The summed E-state index contributed by atoms with van der Waals surface area (Å²) >= 11 is 1.77. The molecule has 5 heteroatoms. The maximum Gasteiger partial charge on any atom is 0.185 e. The number of nitrogens with zero attached hydrogens (tertiary/aromatic N) is 3. The summed E-state index contributed by atoms with van der Waals surface area (Å²) in [6, 6.07) is 0.517. The lowest BCUT2D eigenvalue weighted by Gasteiger charge is -2.33. The predicted octanol–water partition coefficient (Wildman–Crippen LogP) is 1.78. The minimum absolute atomic E-state index is 0.517. The Labute approximate surface area is 114 Å². The first-order chi connectivity index (χ1) is 8.69. The number of anilines is 1. The molecule has 18 heavy (non-hydrogen) atoms. The fourth-order valence-electron chi connectivity index (χ4n) is 2.09. The van der Waals surface area contributed by atoms with Crippen molar-refractivity contribution in [1.29, 1.82) is 0 Å². The van der Waals surface area contributed by atoms with Crippen LogP contribution in [0.15, 0.2) is 5.38 Å². The summed E-state index contributed by atoms with van der Waals surface area (Å²) in [4.78, 5) is 9.62. The van der Waals surface area contributed by atoms with E-state index < -0.39 is 0 Å². The molecule has 1 fully saturated rings. The zero-order valence-electron chi connectivity index (χ0n) is 11.6. The Kier molecular flexibility index (Phi) is 4.97. The van der Waals surface area contributed by atoms with Crippen molar-refractivity contribution in [3.8, 4) is 0 Å². The first-order valence-corrected chi connectivity index (χ1v) is 7.72. The molecular formula is C13H24N4S. The first kappa shape index (κ1) is 13.8. The Balaban J connectivity index is 1.86. The number of hydrogen-bond donors (Lipinski definition) is 1. The zero-order chi connectivity index (χ0) is 13.0. The highest BCUT2D eigenvalue weighted by Crippen LogP contribution is 2.21. The van der Waals surface area contributed by atoms with Gasteiger partial charge in [0, 0.05) is 44.1 Å². The van der Waals surface area contributed by atoms with Gasteiger partial charge in [0.2, 0.25) is 0 Å². The molecule has 0 aromatic carbocycles. The number of nitrogens with one attached hydrogen (secondary N) is 1. The third kappa shape index (κ3) is 3.67. The molecule has 0 bridgehead atoms. The average molecular weight is 268 g/mol. The molecule has 0 amide bonds. The van der Waals surface area contributed by atoms with Crippen LogP contribution in [-0.2, 0) is 6.54 Å². The smallest absolute Gasteiger partial charge is 0.185 e. The van der Waals surface area contributed by atoms with Crippen LogP contribution in [0.5, 0.6) is 0 Å². The van der Waals surface area contributed by atoms with Crippen LogP contribution in [0.4, 0.5) is 5.13 Å². The van der Waals surface area contributed by atoms with E-state index in [0.29, 0.717) is 6.04 Å². The summed E-state index contributed by atoms with van der Waals surface area (Å²) in [5, 5.41) is 6.78. The van der Waals surface area contributed by atoms with E-state index in [0.717, 1.165) is 39.3 Å². The van der Waals surface area contributed by atoms with Crippen LogP contribution in [0.25, 0.3) is 0 Å². The second-order valence-electron chi connectivity index (χ2n) is 5.08. The molecule has 0 radical (unpaired) electrons. The fraction of sp³-hybridized carbons (Fsp3) is 0.769. The number of thiazole rings is 1. The number of hydrogen-bond acceptors (Lipinski definition) is 5. The van der Waals surface area contributed by atoms with Gasteiger partial charge in [0.15, 0.2) is 5.13 Å². The van der Waals surface area contributed by atoms with E-state index in [1.54, 1.807) is 11.3 Å². The first-order valence-electron chi connectivity index (χ1n) is 6.84. The van der Waals surface area contributed by atoms with Gasteiger partial charge in [-0.1, -0.05) is 20.8 Å². The third-order valence-corrected chi connectivity index (χ3v) is 4.27. The SMILES string of the molecule is CCN1CCN(c2nc(CNC(C)C)cs2)CC1. The number of aromatic nitrogens is 1. The van der Waals surface area contributed by atoms with E-state index in [4.69, 9.17) is 4.98 Å². The van der Waals surface area contributed by atoms with Gasteiger partial charge in [0.25, 0.3) is 0 Å². The second kappa shape index (κ2) is 6.50. The van der Waals surface area contributed by atoms with Crippen molar-refractivity contribution in [2.75, 3.05) is 37.6 Å². The van der Waals surface area contributed by atoms with Crippen LogP contribution in [0.1, 0.15) is 26.5 Å². The molecular weight excluding hydrogens is 244 g/mol. The topological polar surface area (TPSA) is 31.4 Å². The molecule has 0 atom stereocenters. The van der Waals surface area contributed by atoms with Crippen molar-refractivity contribution in [3.63, 3.8) is 0 Å². The van der Waals surface area contributed by atoms with Gasteiger partial charge in [-0.25, -0.2) is 4.98 Å². The van der Waals surface area contributed by atoms with Crippen molar-refractivity contribution in [1.82, 2.24) is 15.2 Å². The van der Waals surface area contributed by atoms with Gasteiger partial charge in [0.05, 0.1) is 5.69 Å². The molecule has 1 aliphatic rings. The number of rotatable bonds is 5. The summed E-state index contributed by atoms with van der Waals surface area (Å²) in [6.45, 7) is 13.1. The Morgan fingerprint density at radius 1 is 1.33 bits per heavy atom. The van der Waals surface area contributed by atoms with Crippen molar-refractivity contribution in [3.05, 3.63) is 11.1 Å². The van der Waals surface area contributed by atoms with Crippen LogP contribution in [0.2, 0.25) is 0 Å².